The highest BCUT2D eigenvalue weighted by molar-refractivity contribution is 5.92. The van der Waals surface area contributed by atoms with Crippen LogP contribution in [0.3, 0.4) is 0 Å². The van der Waals surface area contributed by atoms with Crippen molar-refractivity contribution in [3.63, 3.8) is 0 Å². The largest absolute Gasteiger partial charge is 0.508 e. The molecule has 1 heterocycles. The summed E-state index contributed by atoms with van der Waals surface area (Å²) in [4.78, 5) is 14.1. The third-order valence-electron chi connectivity index (χ3n) is 3.37. The summed E-state index contributed by atoms with van der Waals surface area (Å²) in [5, 5.41) is 18.9. The van der Waals surface area contributed by atoms with Crippen molar-refractivity contribution in [2.45, 2.75) is 12.8 Å². The van der Waals surface area contributed by atoms with E-state index in [-0.39, 0.29) is 29.5 Å². The van der Waals surface area contributed by atoms with Gasteiger partial charge < -0.3 is 19.8 Å². The van der Waals surface area contributed by atoms with E-state index in [1.807, 2.05) is 0 Å². The summed E-state index contributed by atoms with van der Waals surface area (Å²) in [5.41, 5.74) is 0.00386. The SMILES string of the molecule is CN1CCCC(COC(=O)c2cc(O)ccc2O)C1.Cl. The fourth-order valence-corrected chi connectivity index (χ4v) is 2.37. The number of benzene rings is 1. The summed E-state index contributed by atoms with van der Waals surface area (Å²) in [7, 11) is 2.05. The summed E-state index contributed by atoms with van der Waals surface area (Å²) < 4.78 is 5.22. The summed E-state index contributed by atoms with van der Waals surface area (Å²) in [6.07, 6.45) is 2.15. The van der Waals surface area contributed by atoms with Gasteiger partial charge in [-0.25, -0.2) is 4.79 Å². The summed E-state index contributed by atoms with van der Waals surface area (Å²) >= 11 is 0. The van der Waals surface area contributed by atoms with Crippen LogP contribution in [-0.2, 0) is 4.74 Å². The molecule has 1 unspecified atom stereocenters. The van der Waals surface area contributed by atoms with Crippen molar-refractivity contribution < 1.29 is 19.7 Å². The number of aromatic hydroxyl groups is 2. The zero-order valence-electron chi connectivity index (χ0n) is 11.4. The molecule has 2 rings (SSSR count). The van der Waals surface area contributed by atoms with E-state index in [9.17, 15) is 15.0 Å². The molecule has 5 nitrogen and oxygen atoms in total. The number of carbonyl (C=O) groups excluding carboxylic acids is 1. The fourth-order valence-electron chi connectivity index (χ4n) is 2.37. The second-order valence-electron chi connectivity index (χ2n) is 5.07. The second-order valence-corrected chi connectivity index (χ2v) is 5.07. The van der Waals surface area contributed by atoms with Crippen LogP contribution >= 0.6 is 12.4 Å². The van der Waals surface area contributed by atoms with E-state index in [0.29, 0.717) is 12.5 Å². The normalized spacial score (nSPS) is 19.1. The third-order valence-corrected chi connectivity index (χ3v) is 3.37. The van der Waals surface area contributed by atoms with Gasteiger partial charge in [-0.15, -0.1) is 12.4 Å². The molecule has 1 aromatic carbocycles. The lowest BCUT2D eigenvalue weighted by Crippen LogP contribution is -2.34. The van der Waals surface area contributed by atoms with E-state index < -0.39 is 5.97 Å². The Hall–Kier alpha value is -1.46. The minimum atomic E-state index is -0.596. The van der Waals surface area contributed by atoms with Crippen molar-refractivity contribution >= 4 is 18.4 Å². The van der Waals surface area contributed by atoms with Gasteiger partial charge in [0, 0.05) is 12.5 Å². The number of carbonyl (C=O) groups is 1. The molecule has 0 bridgehead atoms. The number of piperidine rings is 1. The molecule has 1 aromatic rings. The smallest absolute Gasteiger partial charge is 0.342 e. The van der Waals surface area contributed by atoms with Crippen LogP contribution in [0.15, 0.2) is 18.2 Å². The van der Waals surface area contributed by atoms with E-state index in [1.54, 1.807) is 0 Å². The lowest BCUT2D eigenvalue weighted by molar-refractivity contribution is 0.0368. The van der Waals surface area contributed by atoms with Gasteiger partial charge in [-0.2, -0.15) is 0 Å². The maximum absolute atomic E-state index is 11.8. The van der Waals surface area contributed by atoms with E-state index in [1.165, 1.54) is 18.2 Å². The van der Waals surface area contributed by atoms with Crippen molar-refractivity contribution in [1.29, 1.82) is 0 Å². The minimum Gasteiger partial charge on any atom is -0.508 e. The Morgan fingerprint density at radius 3 is 2.90 bits per heavy atom. The Labute approximate surface area is 124 Å². The monoisotopic (exact) mass is 301 g/mol. The molecule has 20 heavy (non-hydrogen) atoms. The van der Waals surface area contributed by atoms with Crippen LogP contribution < -0.4 is 0 Å². The summed E-state index contributed by atoms with van der Waals surface area (Å²) in [5.74, 6) is -0.505. The number of esters is 1. The Morgan fingerprint density at radius 1 is 1.45 bits per heavy atom. The van der Waals surface area contributed by atoms with Crippen LogP contribution in [-0.4, -0.2) is 47.8 Å². The van der Waals surface area contributed by atoms with Crippen LogP contribution in [0.5, 0.6) is 11.5 Å². The molecule has 1 aliphatic heterocycles. The van der Waals surface area contributed by atoms with Crippen LogP contribution in [0.1, 0.15) is 23.2 Å². The molecule has 112 valence electrons. The number of hydrogen-bond donors (Lipinski definition) is 2. The van der Waals surface area contributed by atoms with Gasteiger partial charge in [0.1, 0.15) is 17.1 Å². The molecule has 1 aliphatic rings. The van der Waals surface area contributed by atoms with Crippen molar-refractivity contribution in [2.24, 2.45) is 5.92 Å². The summed E-state index contributed by atoms with van der Waals surface area (Å²) in [6, 6.07) is 3.81. The lowest BCUT2D eigenvalue weighted by Gasteiger charge is -2.29. The average molecular weight is 302 g/mol. The number of rotatable bonds is 3. The second kappa shape index (κ2) is 7.36. The molecule has 0 radical (unpaired) electrons. The highest BCUT2D eigenvalue weighted by Gasteiger charge is 2.20. The van der Waals surface area contributed by atoms with E-state index >= 15 is 0 Å². The van der Waals surface area contributed by atoms with E-state index in [0.717, 1.165) is 25.9 Å². The fraction of sp³-hybridized carbons (Fsp3) is 0.500. The third kappa shape index (κ3) is 4.28. The van der Waals surface area contributed by atoms with E-state index in [4.69, 9.17) is 4.74 Å². The maximum atomic E-state index is 11.8. The van der Waals surface area contributed by atoms with Crippen molar-refractivity contribution in [1.82, 2.24) is 4.90 Å². The quantitative estimate of drug-likeness (QED) is 0.660. The topological polar surface area (TPSA) is 70.0 Å². The molecular weight excluding hydrogens is 282 g/mol. The Morgan fingerprint density at radius 2 is 2.20 bits per heavy atom. The molecule has 1 fully saturated rings. The first-order chi connectivity index (χ1) is 9.06. The van der Waals surface area contributed by atoms with Gasteiger partial charge in [0.25, 0.3) is 0 Å². The lowest BCUT2D eigenvalue weighted by atomic mass is 9.99. The molecule has 0 spiro atoms. The number of phenols is 2. The van der Waals surface area contributed by atoms with Crippen LogP contribution in [0.2, 0.25) is 0 Å². The molecule has 1 atom stereocenters. The van der Waals surface area contributed by atoms with Gasteiger partial charge in [0.2, 0.25) is 0 Å². The van der Waals surface area contributed by atoms with Gasteiger partial charge in [-0.3, -0.25) is 0 Å². The van der Waals surface area contributed by atoms with Gasteiger partial charge in [-0.05, 0) is 44.6 Å². The molecule has 0 saturated carbocycles. The molecular formula is C14H20ClNO4. The van der Waals surface area contributed by atoms with Crippen molar-refractivity contribution in [2.75, 3.05) is 26.7 Å². The van der Waals surface area contributed by atoms with E-state index in [2.05, 4.69) is 11.9 Å². The number of halogens is 1. The van der Waals surface area contributed by atoms with Crippen molar-refractivity contribution in [3.8, 4) is 11.5 Å². The molecule has 2 N–H and O–H groups in total. The highest BCUT2D eigenvalue weighted by atomic mass is 35.5. The zero-order chi connectivity index (χ0) is 13.8. The highest BCUT2D eigenvalue weighted by Crippen LogP contribution is 2.23. The Balaban J connectivity index is 0.00000200. The first kappa shape index (κ1) is 16.6. The molecule has 0 aromatic heterocycles. The number of hydrogen-bond acceptors (Lipinski definition) is 5. The van der Waals surface area contributed by atoms with Crippen LogP contribution in [0, 0.1) is 5.92 Å². The Bertz CT molecular complexity index is 466. The maximum Gasteiger partial charge on any atom is 0.342 e. The standard InChI is InChI=1S/C14H19NO4.ClH/c1-15-6-2-3-10(8-15)9-19-14(18)12-7-11(16)4-5-13(12)17;/h4-5,7,10,16-17H,2-3,6,8-9H2,1H3;1H. The number of nitrogens with zero attached hydrogens (tertiary/aromatic N) is 1. The molecule has 0 amide bonds. The first-order valence-electron chi connectivity index (χ1n) is 6.44. The molecule has 6 heteroatoms. The number of phenolic OH excluding ortho intramolecular Hbond substituents is 2. The van der Waals surface area contributed by atoms with Gasteiger partial charge >= 0.3 is 5.97 Å². The summed E-state index contributed by atoms with van der Waals surface area (Å²) in [6.45, 7) is 2.34. The Kier molecular flexibility index (Phi) is 6.10. The zero-order valence-corrected chi connectivity index (χ0v) is 12.2. The predicted octanol–water partition coefficient (Wildman–Crippen LogP) is 2.02. The van der Waals surface area contributed by atoms with Gasteiger partial charge in [-0.1, -0.05) is 0 Å². The number of ether oxygens (including phenoxy) is 1. The van der Waals surface area contributed by atoms with Crippen LogP contribution in [0.25, 0.3) is 0 Å². The minimum absolute atomic E-state index is 0. The number of likely N-dealkylation sites (tertiary alicyclic amines) is 1. The van der Waals surface area contributed by atoms with Crippen molar-refractivity contribution in [3.05, 3.63) is 23.8 Å². The molecule has 1 saturated heterocycles. The first-order valence-corrected chi connectivity index (χ1v) is 6.44. The van der Waals surface area contributed by atoms with Gasteiger partial charge in [0.05, 0.1) is 6.61 Å². The predicted molar refractivity (Wildman–Crippen MR) is 77.5 cm³/mol. The average Bonchev–Trinajstić information content (AvgIpc) is 2.39. The van der Waals surface area contributed by atoms with Gasteiger partial charge in [0.15, 0.2) is 0 Å². The van der Waals surface area contributed by atoms with Crippen LogP contribution in [0.4, 0.5) is 0 Å². The molecule has 0 aliphatic carbocycles.